The van der Waals surface area contributed by atoms with E-state index in [1.807, 2.05) is 13.8 Å². The summed E-state index contributed by atoms with van der Waals surface area (Å²) in [4.78, 5) is 11.2. The maximum atomic E-state index is 11.2. The smallest absolute Gasteiger partial charge is 0.138 e. The minimum Gasteiger partial charge on any atom is -0.378 e. The Hall–Kier alpha value is -0.370. The van der Waals surface area contributed by atoms with Gasteiger partial charge in [0.05, 0.1) is 6.10 Å². The van der Waals surface area contributed by atoms with Crippen LogP contribution in [0.25, 0.3) is 0 Å². The van der Waals surface area contributed by atoms with Crippen molar-refractivity contribution in [1.82, 2.24) is 0 Å². The fraction of sp³-hybridized carbons (Fsp3) is 0.889. The molecule has 1 saturated carbocycles. The van der Waals surface area contributed by atoms with Gasteiger partial charge in [0.2, 0.25) is 0 Å². The number of hydrogen-bond donors (Lipinski definition) is 0. The number of ketones is 1. The average Bonchev–Trinajstić information content (AvgIpc) is 1.98. The summed E-state index contributed by atoms with van der Waals surface area (Å²) in [5.41, 5.74) is 0. The molecule has 0 radical (unpaired) electrons. The highest BCUT2D eigenvalue weighted by Crippen LogP contribution is 2.22. The Kier molecular flexibility index (Phi) is 3.06. The van der Waals surface area contributed by atoms with E-state index in [0.717, 1.165) is 19.4 Å². The minimum atomic E-state index is 0.212. The number of Topliss-reactive ketones (excluding diaryl/α,β-unsaturated/α-hetero) is 1. The van der Waals surface area contributed by atoms with Gasteiger partial charge in [-0.2, -0.15) is 0 Å². The third kappa shape index (κ3) is 2.29. The second-order valence-electron chi connectivity index (χ2n) is 3.23. The zero-order valence-corrected chi connectivity index (χ0v) is 7.30. The molecule has 0 bridgehead atoms. The molecule has 2 unspecified atom stereocenters. The summed E-state index contributed by atoms with van der Waals surface area (Å²) in [6.45, 7) is 4.71. The van der Waals surface area contributed by atoms with Crippen molar-refractivity contribution in [1.29, 1.82) is 0 Å². The first kappa shape index (κ1) is 8.72. The highest BCUT2D eigenvalue weighted by Gasteiger charge is 2.25. The molecule has 0 N–H and O–H groups in total. The van der Waals surface area contributed by atoms with E-state index >= 15 is 0 Å². The molecule has 0 spiro atoms. The van der Waals surface area contributed by atoms with Crippen molar-refractivity contribution in [3.05, 3.63) is 0 Å². The molecule has 0 heterocycles. The molecule has 0 aliphatic heterocycles. The van der Waals surface area contributed by atoms with Crippen molar-refractivity contribution >= 4 is 5.78 Å². The van der Waals surface area contributed by atoms with Gasteiger partial charge in [0.25, 0.3) is 0 Å². The van der Waals surface area contributed by atoms with Gasteiger partial charge in [-0.05, 0) is 19.8 Å². The van der Waals surface area contributed by atoms with E-state index in [1.54, 1.807) is 0 Å². The van der Waals surface area contributed by atoms with Gasteiger partial charge in [-0.15, -0.1) is 0 Å². The van der Waals surface area contributed by atoms with Crippen LogP contribution in [0, 0.1) is 5.92 Å². The normalized spacial score (nSPS) is 32.4. The van der Waals surface area contributed by atoms with Crippen molar-refractivity contribution in [3.63, 3.8) is 0 Å². The van der Waals surface area contributed by atoms with Gasteiger partial charge in [-0.1, -0.05) is 6.92 Å². The van der Waals surface area contributed by atoms with Crippen LogP contribution in [0.1, 0.15) is 33.1 Å². The summed E-state index contributed by atoms with van der Waals surface area (Å²) in [6, 6.07) is 0. The van der Waals surface area contributed by atoms with Gasteiger partial charge in [0, 0.05) is 18.9 Å². The summed E-state index contributed by atoms with van der Waals surface area (Å²) < 4.78 is 5.38. The van der Waals surface area contributed by atoms with Crippen molar-refractivity contribution in [2.24, 2.45) is 5.92 Å². The first-order chi connectivity index (χ1) is 5.24. The Balaban J connectivity index is 2.34. The second kappa shape index (κ2) is 3.86. The van der Waals surface area contributed by atoms with Crippen LogP contribution in [-0.4, -0.2) is 18.5 Å². The van der Waals surface area contributed by atoms with Gasteiger partial charge in [-0.3, -0.25) is 4.79 Å². The van der Waals surface area contributed by atoms with E-state index in [-0.39, 0.29) is 12.0 Å². The molecule has 1 aliphatic carbocycles. The maximum absolute atomic E-state index is 11.2. The molecule has 2 nitrogen and oxygen atoms in total. The van der Waals surface area contributed by atoms with Crippen LogP contribution in [0.4, 0.5) is 0 Å². The third-order valence-electron chi connectivity index (χ3n) is 2.30. The lowest BCUT2D eigenvalue weighted by molar-refractivity contribution is -0.128. The molecule has 1 fully saturated rings. The molecule has 11 heavy (non-hydrogen) atoms. The SMILES string of the molecule is CCOC1CCC(C)C(=O)C1. The molecule has 2 heteroatoms. The molecule has 2 atom stereocenters. The van der Waals surface area contributed by atoms with E-state index in [9.17, 15) is 4.79 Å². The number of rotatable bonds is 2. The number of carbonyl (C=O) groups is 1. The van der Waals surface area contributed by atoms with Crippen LogP contribution >= 0.6 is 0 Å². The topological polar surface area (TPSA) is 26.3 Å². The summed E-state index contributed by atoms with van der Waals surface area (Å²) in [5.74, 6) is 0.640. The van der Waals surface area contributed by atoms with Crippen molar-refractivity contribution in [3.8, 4) is 0 Å². The van der Waals surface area contributed by atoms with Gasteiger partial charge >= 0.3 is 0 Å². The summed E-state index contributed by atoms with van der Waals surface area (Å²) in [5, 5.41) is 0. The molecule has 0 aromatic rings. The molecule has 1 rings (SSSR count). The highest BCUT2D eigenvalue weighted by atomic mass is 16.5. The summed E-state index contributed by atoms with van der Waals surface area (Å²) >= 11 is 0. The summed E-state index contributed by atoms with van der Waals surface area (Å²) in [6.07, 6.45) is 2.91. The van der Waals surface area contributed by atoms with Crippen molar-refractivity contribution in [2.45, 2.75) is 39.2 Å². The van der Waals surface area contributed by atoms with E-state index in [4.69, 9.17) is 4.74 Å². The van der Waals surface area contributed by atoms with E-state index in [0.29, 0.717) is 12.2 Å². The molecule has 1 aliphatic rings. The van der Waals surface area contributed by atoms with Crippen LogP contribution in [0.15, 0.2) is 0 Å². The van der Waals surface area contributed by atoms with Gasteiger partial charge in [-0.25, -0.2) is 0 Å². The average molecular weight is 156 g/mol. The van der Waals surface area contributed by atoms with Crippen LogP contribution in [0.5, 0.6) is 0 Å². The van der Waals surface area contributed by atoms with E-state index in [2.05, 4.69) is 0 Å². The zero-order valence-electron chi connectivity index (χ0n) is 7.30. The van der Waals surface area contributed by atoms with Crippen LogP contribution in [0.2, 0.25) is 0 Å². The Morgan fingerprint density at radius 3 is 2.82 bits per heavy atom. The maximum Gasteiger partial charge on any atom is 0.138 e. The predicted molar refractivity (Wildman–Crippen MR) is 43.4 cm³/mol. The van der Waals surface area contributed by atoms with E-state index in [1.165, 1.54) is 0 Å². The molecule has 64 valence electrons. The van der Waals surface area contributed by atoms with Crippen LogP contribution in [0.3, 0.4) is 0 Å². The molecular weight excluding hydrogens is 140 g/mol. The Morgan fingerprint density at radius 1 is 1.55 bits per heavy atom. The fourth-order valence-electron chi connectivity index (χ4n) is 1.50. The number of carbonyl (C=O) groups excluding carboxylic acids is 1. The first-order valence-electron chi connectivity index (χ1n) is 4.38. The molecule has 0 saturated heterocycles. The Morgan fingerprint density at radius 2 is 2.27 bits per heavy atom. The third-order valence-corrected chi connectivity index (χ3v) is 2.30. The molecule has 0 aromatic heterocycles. The zero-order chi connectivity index (χ0) is 8.27. The highest BCUT2D eigenvalue weighted by molar-refractivity contribution is 5.81. The largest absolute Gasteiger partial charge is 0.378 e. The van der Waals surface area contributed by atoms with Gasteiger partial charge in [0.15, 0.2) is 0 Å². The minimum absolute atomic E-state index is 0.212. The molecule has 0 aromatic carbocycles. The Labute approximate surface area is 67.9 Å². The standard InChI is InChI=1S/C9H16O2/c1-3-11-8-5-4-7(2)9(10)6-8/h7-8H,3-6H2,1-2H3. The quantitative estimate of drug-likeness (QED) is 0.609. The lowest BCUT2D eigenvalue weighted by atomic mass is 9.88. The van der Waals surface area contributed by atoms with Gasteiger partial charge < -0.3 is 4.74 Å². The van der Waals surface area contributed by atoms with Gasteiger partial charge in [0.1, 0.15) is 5.78 Å². The number of ether oxygens (including phenoxy) is 1. The molecular formula is C9H16O2. The molecule has 0 amide bonds. The second-order valence-corrected chi connectivity index (χ2v) is 3.23. The monoisotopic (exact) mass is 156 g/mol. The van der Waals surface area contributed by atoms with Crippen LogP contribution < -0.4 is 0 Å². The number of hydrogen-bond acceptors (Lipinski definition) is 2. The van der Waals surface area contributed by atoms with E-state index < -0.39 is 0 Å². The van der Waals surface area contributed by atoms with Crippen molar-refractivity contribution in [2.75, 3.05) is 6.61 Å². The van der Waals surface area contributed by atoms with Crippen LogP contribution in [-0.2, 0) is 9.53 Å². The lowest BCUT2D eigenvalue weighted by Crippen LogP contribution is -2.28. The Bertz CT molecular complexity index is 142. The first-order valence-corrected chi connectivity index (χ1v) is 4.38. The fourth-order valence-corrected chi connectivity index (χ4v) is 1.50. The predicted octanol–water partition coefficient (Wildman–Crippen LogP) is 1.78. The lowest BCUT2D eigenvalue weighted by Gasteiger charge is -2.24. The van der Waals surface area contributed by atoms with Crippen molar-refractivity contribution < 1.29 is 9.53 Å². The summed E-state index contributed by atoms with van der Waals surface area (Å²) in [7, 11) is 0.